The summed E-state index contributed by atoms with van der Waals surface area (Å²) in [6.45, 7) is 7.78. The Labute approximate surface area is 209 Å². The Morgan fingerprint density at radius 3 is 2.42 bits per heavy atom. The van der Waals surface area contributed by atoms with E-state index in [1.54, 1.807) is 25.8 Å². The van der Waals surface area contributed by atoms with Crippen LogP contribution in [0.4, 0.5) is 0 Å². The van der Waals surface area contributed by atoms with Crippen molar-refractivity contribution in [1.29, 1.82) is 0 Å². The maximum atomic E-state index is 13.3. The van der Waals surface area contributed by atoms with Crippen molar-refractivity contribution in [3.05, 3.63) is 75.3 Å². The molecule has 0 radical (unpaired) electrons. The third-order valence-corrected chi connectivity index (χ3v) is 6.35. The Bertz CT molecular complexity index is 1470. The standard InChI is InChI=1S/C27H31N5O4/c1-16-7-9-21(10-8-16)31-18(3)24-17(2)29-32(27(34)25(24)30-31)19(4)26(33)28-14-13-20-15-22(35-5)11-12-23(20)36-6/h7-12,15,19H,13-14H2,1-6H3,(H,28,33)/t19-/m0/s1. The van der Waals surface area contributed by atoms with Crippen LogP contribution in [-0.4, -0.2) is 46.2 Å². The summed E-state index contributed by atoms with van der Waals surface area (Å²) in [5.74, 6) is 1.13. The summed E-state index contributed by atoms with van der Waals surface area (Å²) in [6.07, 6.45) is 0.541. The fourth-order valence-electron chi connectivity index (χ4n) is 4.31. The van der Waals surface area contributed by atoms with E-state index in [0.29, 0.717) is 35.3 Å². The molecule has 4 aromatic rings. The van der Waals surface area contributed by atoms with Crippen LogP contribution in [0.5, 0.6) is 11.5 Å². The summed E-state index contributed by atoms with van der Waals surface area (Å²) in [6, 6.07) is 12.6. The molecule has 1 N–H and O–H groups in total. The first-order chi connectivity index (χ1) is 17.2. The van der Waals surface area contributed by atoms with E-state index in [9.17, 15) is 9.59 Å². The molecule has 1 atom stereocenters. The highest BCUT2D eigenvalue weighted by atomic mass is 16.5. The minimum Gasteiger partial charge on any atom is -0.497 e. The van der Waals surface area contributed by atoms with Gasteiger partial charge in [0.25, 0.3) is 5.56 Å². The molecule has 2 aromatic carbocycles. The number of hydrogen-bond donors (Lipinski definition) is 1. The zero-order valence-electron chi connectivity index (χ0n) is 21.5. The second-order valence-electron chi connectivity index (χ2n) is 8.79. The van der Waals surface area contributed by atoms with E-state index < -0.39 is 11.6 Å². The van der Waals surface area contributed by atoms with E-state index >= 15 is 0 Å². The molecule has 2 aromatic heterocycles. The summed E-state index contributed by atoms with van der Waals surface area (Å²) in [5, 5.41) is 12.7. The highest BCUT2D eigenvalue weighted by Crippen LogP contribution is 2.24. The summed E-state index contributed by atoms with van der Waals surface area (Å²) in [5.41, 5.74) is 4.27. The lowest BCUT2D eigenvalue weighted by molar-refractivity contribution is -0.124. The molecule has 0 unspecified atom stereocenters. The molecule has 1 amide bonds. The molecule has 2 heterocycles. The van der Waals surface area contributed by atoms with Crippen molar-refractivity contribution in [3.63, 3.8) is 0 Å². The lowest BCUT2D eigenvalue weighted by atomic mass is 10.1. The van der Waals surface area contributed by atoms with Crippen LogP contribution in [0, 0.1) is 20.8 Å². The fourth-order valence-corrected chi connectivity index (χ4v) is 4.31. The number of methoxy groups -OCH3 is 2. The Hall–Kier alpha value is -4.14. The third kappa shape index (κ3) is 4.68. The quantitative estimate of drug-likeness (QED) is 0.407. The van der Waals surface area contributed by atoms with Crippen LogP contribution in [0.3, 0.4) is 0 Å². The number of amides is 1. The molecule has 4 rings (SSSR count). The summed E-state index contributed by atoms with van der Waals surface area (Å²) in [4.78, 5) is 26.3. The van der Waals surface area contributed by atoms with Gasteiger partial charge in [-0.1, -0.05) is 17.7 Å². The molecular weight excluding hydrogens is 458 g/mol. The number of ether oxygens (including phenoxy) is 2. The molecule has 0 aliphatic rings. The maximum Gasteiger partial charge on any atom is 0.295 e. The van der Waals surface area contributed by atoms with Crippen molar-refractivity contribution in [2.75, 3.05) is 20.8 Å². The molecule has 36 heavy (non-hydrogen) atoms. The van der Waals surface area contributed by atoms with E-state index in [-0.39, 0.29) is 5.91 Å². The van der Waals surface area contributed by atoms with Gasteiger partial charge in [-0.2, -0.15) is 10.2 Å². The predicted octanol–water partition coefficient (Wildman–Crippen LogP) is 3.44. The van der Waals surface area contributed by atoms with E-state index in [4.69, 9.17) is 9.47 Å². The molecule has 0 saturated heterocycles. The highest BCUT2D eigenvalue weighted by molar-refractivity contribution is 5.84. The maximum absolute atomic E-state index is 13.3. The number of benzene rings is 2. The van der Waals surface area contributed by atoms with Crippen molar-refractivity contribution >= 4 is 16.8 Å². The SMILES string of the molecule is COc1ccc(OC)c(CCNC(=O)[C@H](C)n2nc(C)c3c(C)n(-c4ccc(C)cc4)nc3c2=O)c1. The predicted molar refractivity (Wildman–Crippen MR) is 138 cm³/mol. The lowest BCUT2D eigenvalue weighted by Gasteiger charge is -2.15. The highest BCUT2D eigenvalue weighted by Gasteiger charge is 2.23. The monoisotopic (exact) mass is 489 g/mol. The number of carbonyl (C=O) groups is 1. The van der Waals surface area contributed by atoms with E-state index in [0.717, 1.165) is 28.3 Å². The van der Waals surface area contributed by atoms with Crippen LogP contribution in [0.15, 0.2) is 47.3 Å². The van der Waals surface area contributed by atoms with Crippen LogP contribution >= 0.6 is 0 Å². The molecule has 0 aliphatic heterocycles. The number of hydrogen-bond acceptors (Lipinski definition) is 6. The van der Waals surface area contributed by atoms with E-state index in [2.05, 4.69) is 15.5 Å². The first-order valence-corrected chi connectivity index (χ1v) is 11.8. The molecular formula is C27H31N5O4. The van der Waals surface area contributed by atoms with Crippen molar-refractivity contribution in [3.8, 4) is 17.2 Å². The molecule has 9 nitrogen and oxygen atoms in total. The summed E-state index contributed by atoms with van der Waals surface area (Å²) >= 11 is 0. The number of nitrogens with one attached hydrogen (secondary N) is 1. The second kappa shape index (κ2) is 10.2. The number of aromatic nitrogens is 4. The molecule has 0 aliphatic carbocycles. The molecule has 0 bridgehead atoms. The van der Waals surface area contributed by atoms with Crippen molar-refractivity contribution in [2.24, 2.45) is 0 Å². The third-order valence-electron chi connectivity index (χ3n) is 6.35. The Morgan fingerprint density at radius 2 is 1.75 bits per heavy atom. The minimum atomic E-state index is -0.808. The number of nitrogens with zero attached hydrogens (tertiary/aromatic N) is 4. The minimum absolute atomic E-state index is 0.293. The molecule has 0 fully saturated rings. The summed E-state index contributed by atoms with van der Waals surface area (Å²) in [7, 11) is 3.20. The van der Waals surface area contributed by atoms with Gasteiger partial charge in [0.15, 0.2) is 5.52 Å². The fraction of sp³-hybridized carbons (Fsp3) is 0.333. The number of rotatable bonds is 8. The van der Waals surface area contributed by atoms with Gasteiger partial charge in [0.2, 0.25) is 5.91 Å². The first-order valence-electron chi connectivity index (χ1n) is 11.8. The van der Waals surface area contributed by atoms with Gasteiger partial charge >= 0.3 is 0 Å². The van der Waals surface area contributed by atoms with Crippen LogP contribution in [0.25, 0.3) is 16.6 Å². The smallest absolute Gasteiger partial charge is 0.295 e. The van der Waals surface area contributed by atoms with Gasteiger partial charge < -0.3 is 14.8 Å². The Balaban J connectivity index is 1.56. The van der Waals surface area contributed by atoms with Crippen LogP contribution in [0.2, 0.25) is 0 Å². The zero-order chi connectivity index (χ0) is 26.0. The number of fused-ring (bicyclic) bond motifs is 1. The molecule has 9 heteroatoms. The number of carbonyl (C=O) groups excluding carboxylic acids is 1. The molecule has 188 valence electrons. The largest absolute Gasteiger partial charge is 0.497 e. The average molecular weight is 490 g/mol. The van der Waals surface area contributed by atoms with Gasteiger partial charge in [0.1, 0.15) is 17.5 Å². The van der Waals surface area contributed by atoms with Crippen LogP contribution in [-0.2, 0) is 11.2 Å². The van der Waals surface area contributed by atoms with Gasteiger partial charge in [-0.3, -0.25) is 9.59 Å². The van der Waals surface area contributed by atoms with Crippen molar-refractivity contribution in [2.45, 2.75) is 40.2 Å². The molecule has 0 spiro atoms. The van der Waals surface area contributed by atoms with Gasteiger partial charge in [-0.15, -0.1) is 0 Å². The first kappa shape index (κ1) is 25.0. The Kier molecular flexibility index (Phi) is 7.10. The Morgan fingerprint density at radius 1 is 1.03 bits per heavy atom. The second-order valence-corrected chi connectivity index (χ2v) is 8.79. The lowest BCUT2D eigenvalue weighted by Crippen LogP contribution is -2.38. The molecule has 0 saturated carbocycles. The van der Waals surface area contributed by atoms with E-state index in [1.807, 2.05) is 63.2 Å². The average Bonchev–Trinajstić information content (AvgIpc) is 3.24. The van der Waals surface area contributed by atoms with Crippen LogP contribution < -0.4 is 20.3 Å². The van der Waals surface area contributed by atoms with Crippen molar-refractivity contribution < 1.29 is 14.3 Å². The summed E-state index contributed by atoms with van der Waals surface area (Å²) < 4.78 is 13.6. The van der Waals surface area contributed by atoms with Gasteiger partial charge in [-0.05, 0) is 70.0 Å². The van der Waals surface area contributed by atoms with Gasteiger partial charge in [-0.25, -0.2) is 9.36 Å². The topological polar surface area (TPSA) is 100 Å². The normalized spacial score (nSPS) is 11.9. The number of aryl methyl sites for hydroxylation is 3. The van der Waals surface area contributed by atoms with E-state index in [1.165, 1.54) is 4.68 Å². The van der Waals surface area contributed by atoms with Gasteiger partial charge in [0.05, 0.1) is 36.7 Å². The van der Waals surface area contributed by atoms with Crippen molar-refractivity contribution in [1.82, 2.24) is 24.9 Å². The van der Waals surface area contributed by atoms with Crippen LogP contribution in [0.1, 0.15) is 35.5 Å². The van der Waals surface area contributed by atoms with Gasteiger partial charge in [0, 0.05) is 6.54 Å². The zero-order valence-corrected chi connectivity index (χ0v) is 21.5.